The van der Waals surface area contributed by atoms with Crippen molar-refractivity contribution in [3.05, 3.63) is 36.5 Å². The quantitative estimate of drug-likeness (QED) is 0.0272. The number of phosphoric ester groups is 1. The van der Waals surface area contributed by atoms with E-state index in [0.717, 1.165) is 64.2 Å². The van der Waals surface area contributed by atoms with Crippen LogP contribution in [0.3, 0.4) is 0 Å². The Labute approximate surface area is 397 Å². The molecular weight excluding hydrogens is 816 g/mol. The normalized spacial score (nSPS) is 14.3. The molecule has 0 rings (SSSR count). The number of hydrogen-bond donors (Lipinski definition) is 2. The molecule has 2 N–H and O–H groups in total. The van der Waals surface area contributed by atoms with E-state index in [4.69, 9.17) is 9.05 Å². The third-order valence-electron chi connectivity index (χ3n) is 12.4. The van der Waals surface area contributed by atoms with Crippen LogP contribution in [-0.2, 0) is 18.4 Å². The highest BCUT2D eigenvalue weighted by atomic mass is 31.2. The first-order chi connectivity index (χ1) is 31.0. The van der Waals surface area contributed by atoms with Crippen LogP contribution in [0.4, 0.5) is 0 Å². The Morgan fingerprint density at radius 2 is 0.953 bits per heavy atom. The van der Waals surface area contributed by atoms with Gasteiger partial charge in [-0.2, -0.15) is 0 Å². The van der Waals surface area contributed by atoms with Gasteiger partial charge < -0.3 is 28.8 Å². The molecule has 0 fully saturated rings. The summed E-state index contributed by atoms with van der Waals surface area (Å²) in [5.74, 6) is -0.173. The number of hydrogen-bond acceptors (Lipinski definition) is 6. The summed E-state index contributed by atoms with van der Waals surface area (Å²) in [4.78, 5) is 25.5. The molecule has 0 bridgehead atoms. The monoisotopic (exact) mass is 923 g/mol. The number of nitrogens with zero attached hydrogens (tertiary/aromatic N) is 1. The molecular formula is C55H107N2O6P. The number of aliphatic hydroxyl groups is 1. The van der Waals surface area contributed by atoms with E-state index in [2.05, 4.69) is 55.6 Å². The van der Waals surface area contributed by atoms with Crippen molar-refractivity contribution < 1.29 is 32.9 Å². The second-order valence-electron chi connectivity index (χ2n) is 19.9. The number of rotatable bonds is 50. The third-order valence-corrected chi connectivity index (χ3v) is 13.4. The number of amides is 1. The number of unbranched alkanes of at least 4 members (excludes halogenated alkanes) is 31. The number of nitrogens with one attached hydrogen (secondary N) is 1. The molecule has 0 aromatic rings. The summed E-state index contributed by atoms with van der Waals surface area (Å²) in [5, 5.41) is 14.0. The molecule has 8 nitrogen and oxygen atoms in total. The van der Waals surface area contributed by atoms with Crippen LogP contribution in [0.25, 0.3) is 0 Å². The number of carbonyl (C=O) groups is 1. The average molecular weight is 923 g/mol. The molecule has 0 aliphatic rings. The van der Waals surface area contributed by atoms with E-state index in [1.807, 2.05) is 21.1 Å². The van der Waals surface area contributed by atoms with Gasteiger partial charge in [0.05, 0.1) is 39.9 Å². The Morgan fingerprint density at radius 1 is 0.562 bits per heavy atom. The van der Waals surface area contributed by atoms with E-state index in [0.29, 0.717) is 23.9 Å². The number of likely N-dealkylation sites (N-methyl/N-ethyl adjacent to an activating group) is 1. The van der Waals surface area contributed by atoms with E-state index >= 15 is 0 Å². The Bertz CT molecular complexity index is 1140. The van der Waals surface area contributed by atoms with Crippen molar-refractivity contribution >= 4 is 13.7 Å². The fraction of sp³-hybridized carbons (Fsp3) is 0.873. The van der Waals surface area contributed by atoms with Gasteiger partial charge in [-0.3, -0.25) is 9.36 Å². The van der Waals surface area contributed by atoms with Crippen LogP contribution < -0.4 is 10.2 Å². The Kier molecular flexibility index (Phi) is 45.9. The molecule has 0 spiro atoms. The maximum Gasteiger partial charge on any atom is 0.268 e. The van der Waals surface area contributed by atoms with Crippen molar-refractivity contribution in [1.82, 2.24) is 5.32 Å². The lowest BCUT2D eigenvalue weighted by atomic mass is 10.0. The second-order valence-corrected chi connectivity index (χ2v) is 21.3. The lowest BCUT2D eigenvalue weighted by Gasteiger charge is -2.30. The average Bonchev–Trinajstić information content (AvgIpc) is 3.25. The fourth-order valence-electron chi connectivity index (χ4n) is 8.12. The van der Waals surface area contributed by atoms with Crippen molar-refractivity contribution in [3.63, 3.8) is 0 Å². The van der Waals surface area contributed by atoms with Crippen LogP contribution in [-0.4, -0.2) is 68.5 Å². The molecule has 3 unspecified atom stereocenters. The SMILES string of the molecule is CC/C=C\C/C=C\C/C=C\CCCCCCCCCC(=O)NC(COP(=O)([O-])OCC[N+](C)(C)C)C(O)CCCCCCCCCCCCCCCCCCCCCCCCCCC. The molecule has 1 amide bonds. The van der Waals surface area contributed by atoms with Gasteiger partial charge in [-0.15, -0.1) is 0 Å². The van der Waals surface area contributed by atoms with E-state index in [1.165, 1.54) is 167 Å². The van der Waals surface area contributed by atoms with Gasteiger partial charge in [0.2, 0.25) is 5.91 Å². The Balaban J connectivity index is 4.17. The number of aliphatic hydroxyl groups excluding tert-OH is 1. The summed E-state index contributed by atoms with van der Waals surface area (Å²) in [6.45, 7) is 4.63. The van der Waals surface area contributed by atoms with Gasteiger partial charge in [0, 0.05) is 6.42 Å². The van der Waals surface area contributed by atoms with Crippen LogP contribution in [0.1, 0.15) is 258 Å². The molecule has 0 saturated heterocycles. The maximum atomic E-state index is 12.9. The summed E-state index contributed by atoms with van der Waals surface area (Å²) in [7, 11) is 1.30. The first kappa shape index (κ1) is 62.7. The van der Waals surface area contributed by atoms with E-state index in [1.54, 1.807) is 0 Å². The fourth-order valence-corrected chi connectivity index (χ4v) is 8.84. The van der Waals surface area contributed by atoms with Gasteiger partial charge in [0.25, 0.3) is 7.82 Å². The predicted octanol–water partition coefficient (Wildman–Crippen LogP) is 15.6. The van der Waals surface area contributed by atoms with Crippen LogP contribution in [0.15, 0.2) is 36.5 Å². The molecule has 0 aromatic carbocycles. The molecule has 9 heteroatoms. The van der Waals surface area contributed by atoms with Crippen LogP contribution in [0.2, 0.25) is 0 Å². The summed E-state index contributed by atoms with van der Waals surface area (Å²) in [6.07, 6.45) is 58.8. The molecule has 0 radical (unpaired) electrons. The van der Waals surface area contributed by atoms with Gasteiger partial charge in [0.15, 0.2) is 0 Å². The largest absolute Gasteiger partial charge is 0.756 e. The van der Waals surface area contributed by atoms with Crippen LogP contribution >= 0.6 is 7.82 Å². The van der Waals surface area contributed by atoms with Gasteiger partial charge in [0.1, 0.15) is 13.2 Å². The van der Waals surface area contributed by atoms with Crippen molar-refractivity contribution in [2.45, 2.75) is 270 Å². The van der Waals surface area contributed by atoms with Gasteiger partial charge in [-0.25, -0.2) is 0 Å². The van der Waals surface area contributed by atoms with Crippen molar-refractivity contribution in [2.75, 3.05) is 40.9 Å². The van der Waals surface area contributed by atoms with Crippen LogP contribution in [0.5, 0.6) is 0 Å². The molecule has 64 heavy (non-hydrogen) atoms. The molecule has 0 aromatic heterocycles. The number of quaternary nitrogens is 1. The van der Waals surface area contributed by atoms with Crippen molar-refractivity contribution in [1.29, 1.82) is 0 Å². The van der Waals surface area contributed by atoms with E-state index < -0.39 is 20.0 Å². The van der Waals surface area contributed by atoms with Crippen LogP contribution in [0, 0.1) is 0 Å². The molecule has 0 aliphatic heterocycles. The predicted molar refractivity (Wildman–Crippen MR) is 275 cm³/mol. The maximum absolute atomic E-state index is 12.9. The lowest BCUT2D eigenvalue weighted by Crippen LogP contribution is -2.46. The zero-order valence-electron chi connectivity index (χ0n) is 43.0. The first-order valence-electron chi connectivity index (χ1n) is 27.3. The highest BCUT2D eigenvalue weighted by molar-refractivity contribution is 7.45. The molecule has 3 atom stereocenters. The topological polar surface area (TPSA) is 108 Å². The minimum atomic E-state index is -4.57. The molecule has 0 heterocycles. The van der Waals surface area contributed by atoms with E-state index in [-0.39, 0.29) is 19.1 Å². The summed E-state index contributed by atoms with van der Waals surface area (Å²) >= 11 is 0. The minimum Gasteiger partial charge on any atom is -0.756 e. The third kappa shape index (κ3) is 48.6. The number of carbonyl (C=O) groups excluding carboxylic acids is 1. The number of phosphoric acid groups is 1. The minimum absolute atomic E-state index is 0.00983. The Morgan fingerprint density at radius 3 is 1.39 bits per heavy atom. The highest BCUT2D eigenvalue weighted by Gasteiger charge is 2.24. The molecule has 0 aliphatic carbocycles. The zero-order valence-corrected chi connectivity index (χ0v) is 43.9. The number of allylic oxidation sites excluding steroid dienone is 6. The van der Waals surface area contributed by atoms with Crippen molar-refractivity contribution in [2.24, 2.45) is 0 Å². The summed E-state index contributed by atoms with van der Waals surface area (Å²) in [5.41, 5.74) is 0. The Hall–Kier alpha value is -1.28. The summed E-state index contributed by atoms with van der Waals surface area (Å²) < 4.78 is 23.4. The lowest BCUT2D eigenvalue weighted by molar-refractivity contribution is -0.870. The summed E-state index contributed by atoms with van der Waals surface area (Å²) in [6, 6.07) is -0.806. The molecule has 378 valence electrons. The second kappa shape index (κ2) is 46.8. The molecule has 0 saturated carbocycles. The zero-order chi connectivity index (χ0) is 47.1. The van der Waals surface area contributed by atoms with Gasteiger partial charge in [-0.1, -0.05) is 243 Å². The standard InChI is InChI=1S/C55H107N2O6P/c1-6-8-10-12-14-16-18-20-22-24-25-26-27-28-29-30-31-33-34-36-38-40-42-44-46-48-54(58)53(52-63-64(60,61)62-51-50-57(3,4)5)56-55(59)49-47-45-43-41-39-37-35-32-23-21-19-17-15-13-11-9-7-2/h9,11,15,17,21,23,53-54,58H,6-8,10,12-14,16,18-20,22,24-52H2,1-5H3,(H-,56,59,60,61)/b11-9-,17-15-,23-21-. The van der Waals surface area contributed by atoms with Gasteiger partial charge in [-0.05, 0) is 44.9 Å². The van der Waals surface area contributed by atoms with Crippen molar-refractivity contribution in [3.8, 4) is 0 Å². The first-order valence-corrected chi connectivity index (χ1v) is 28.8. The highest BCUT2D eigenvalue weighted by Crippen LogP contribution is 2.38. The smallest absolute Gasteiger partial charge is 0.268 e. The van der Waals surface area contributed by atoms with Gasteiger partial charge >= 0.3 is 0 Å². The van der Waals surface area contributed by atoms with E-state index in [9.17, 15) is 19.4 Å².